The zero-order chi connectivity index (χ0) is 13.6. The number of nitrogens with one attached hydrogen (secondary N) is 1. The summed E-state index contributed by atoms with van der Waals surface area (Å²) in [4.78, 5) is 0. The van der Waals surface area contributed by atoms with Gasteiger partial charge in [0.15, 0.2) is 4.60 Å². The summed E-state index contributed by atoms with van der Waals surface area (Å²) in [6.07, 6.45) is 2.97. The van der Waals surface area contributed by atoms with Crippen molar-refractivity contribution in [3.8, 4) is 0 Å². The van der Waals surface area contributed by atoms with Crippen LogP contribution in [0.2, 0.25) is 0 Å². The largest absolute Gasteiger partial charge is 0.376 e. The lowest BCUT2D eigenvalue weighted by Crippen LogP contribution is -2.42. The summed E-state index contributed by atoms with van der Waals surface area (Å²) in [5, 5.41) is 7.45. The Morgan fingerprint density at radius 1 is 1.42 bits per heavy atom. The van der Waals surface area contributed by atoms with Crippen molar-refractivity contribution in [2.24, 2.45) is 13.0 Å². The van der Waals surface area contributed by atoms with Crippen molar-refractivity contribution in [3.63, 3.8) is 0 Å². The standard InChI is InChI=1S/C10H15BrN4O3S/c1-15-10(9(11)12-14-15)19(16,17)13-7-4-5-18-8(7)6-2-3-6/h6-8,13H,2-5H2,1H3. The highest BCUT2D eigenvalue weighted by atomic mass is 79.9. The minimum Gasteiger partial charge on any atom is -0.376 e. The molecule has 1 aliphatic heterocycles. The maximum atomic E-state index is 12.4. The molecule has 106 valence electrons. The Morgan fingerprint density at radius 2 is 2.16 bits per heavy atom. The van der Waals surface area contributed by atoms with E-state index in [-0.39, 0.29) is 21.8 Å². The Bertz CT molecular complexity index is 564. The van der Waals surface area contributed by atoms with E-state index in [0.717, 1.165) is 12.8 Å². The van der Waals surface area contributed by atoms with Gasteiger partial charge in [0, 0.05) is 13.7 Å². The van der Waals surface area contributed by atoms with E-state index in [1.807, 2.05) is 0 Å². The van der Waals surface area contributed by atoms with E-state index in [9.17, 15) is 8.42 Å². The van der Waals surface area contributed by atoms with Gasteiger partial charge in [-0.2, -0.15) is 0 Å². The summed E-state index contributed by atoms with van der Waals surface area (Å²) in [7, 11) is -2.09. The SMILES string of the molecule is Cn1nnc(Br)c1S(=O)(=O)NC1CCOC1C1CC1. The third-order valence-corrected chi connectivity index (χ3v) is 5.90. The molecule has 1 aromatic rings. The lowest BCUT2D eigenvalue weighted by atomic mass is 10.1. The van der Waals surface area contributed by atoms with Crippen LogP contribution in [0.1, 0.15) is 19.3 Å². The molecule has 2 unspecified atom stereocenters. The summed E-state index contributed by atoms with van der Waals surface area (Å²) < 4.78 is 34.6. The number of halogens is 1. The quantitative estimate of drug-likeness (QED) is 0.850. The smallest absolute Gasteiger partial charge is 0.260 e. The van der Waals surface area contributed by atoms with Crippen LogP contribution in [-0.2, 0) is 21.8 Å². The monoisotopic (exact) mass is 350 g/mol. The molecule has 19 heavy (non-hydrogen) atoms. The summed E-state index contributed by atoms with van der Waals surface area (Å²) in [5.74, 6) is 0.503. The molecule has 2 atom stereocenters. The van der Waals surface area contributed by atoms with Crippen molar-refractivity contribution in [1.82, 2.24) is 19.7 Å². The second kappa shape index (κ2) is 4.80. The average molecular weight is 351 g/mol. The molecular weight excluding hydrogens is 336 g/mol. The molecule has 0 spiro atoms. The van der Waals surface area contributed by atoms with E-state index < -0.39 is 10.0 Å². The summed E-state index contributed by atoms with van der Waals surface area (Å²) in [6, 6.07) is -0.153. The molecule has 0 bridgehead atoms. The van der Waals surface area contributed by atoms with Gasteiger partial charge < -0.3 is 4.74 Å². The van der Waals surface area contributed by atoms with Crippen molar-refractivity contribution in [3.05, 3.63) is 4.60 Å². The first kappa shape index (κ1) is 13.5. The summed E-state index contributed by atoms with van der Waals surface area (Å²) in [5.41, 5.74) is 0. The molecule has 1 N–H and O–H groups in total. The maximum Gasteiger partial charge on any atom is 0.260 e. The fourth-order valence-corrected chi connectivity index (χ4v) is 4.87. The van der Waals surface area contributed by atoms with Gasteiger partial charge in [-0.05, 0) is 41.1 Å². The fraction of sp³-hybridized carbons (Fsp3) is 0.800. The molecular formula is C10H15BrN4O3S. The first-order valence-electron chi connectivity index (χ1n) is 6.18. The van der Waals surface area contributed by atoms with Crippen molar-refractivity contribution < 1.29 is 13.2 Å². The van der Waals surface area contributed by atoms with Crippen LogP contribution in [0.25, 0.3) is 0 Å². The number of aromatic nitrogens is 3. The van der Waals surface area contributed by atoms with Gasteiger partial charge in [0.05, 0.1) is 12.1 Å². The van der Waals surface area contributed by atoms with Crippen molar-refractivity contribution in [1.29, 1.82) is 0 Å². The molecule has 1 saturated carbocycles. The van der Waals surface area contributed by atoms with E-state index >= 15 is 0 Å². The Hall–Kier alpha value is -0.510. The van der Waals surface area contributed by atoms with Crippen LogP contribution in [0.3, 0.4) is 0 Å². The highest BCUT2D eigenvalue weighted by Gasteiger charge is 2.42. The Balaban J connectivity index is 1.82. The number of hydrogen-bond donors (Lipinski definition) is 1. The Morgan fingerprint density at radius 3 is 2.74 bits per heavy atom. The van der Waals surface area contributed by atoms with Crippen LogP contribution in [0.15, 0.2) is 9.63 Å². The Kier molecular flexibility index (Phi) is 3.40. The van der Waals surface area contributed by atoms with Crippen molar-refractivity contribution >= 4 is 26.0 Å². The fourth-order valence-electron chi connectivity index (χ4n) is 2.49. The van der Waals surface area contributed by atoms with E-state index in [1.54, 1.807) is 7.05 Å². The molecule has 9 heteroatoms. The second-order valence-electron chi connectivity index (χ2n) is 5.00. The van der Waals surface area contributed by atoms with Crippen molar-refractivity contribution in [2.45, 2.75) is 36.4 Å². The first-order chi connectivity index (χ1) is 8.99. The van der Waals surface area contributed by atoms with Gasteiger partial charge in [-0.15, -0.1) is 5.10 Å². The normalized spacial score (nSPS) is 27.9. The second-order valence-corrected chi connectivity index (χ2v) is 7.38. The van der Waals surface area contributed by atoms with Crippen molar-refractivity contribution in [2.75, 3.05) is 6.61 Å². The number of nitrogens with zero attached hydrogens (tertiary/aromatic N) is 3. The minimum atomic E-state index is -3.64. The van der Waals surface area contributed by atoms with Gasteiger partial charge in [-0.25, -0.2) is 17.8 Å². The third kappa shape index (κ3) is 2.56. The molecule has 2 aliphatic rings. The number of aryl methyl sites for hydroxylation is 1. The average Bonchev–Trinajstić information content (AvgIpc) is 2.98. The molecule has 1 saturated heterocycles. The van der Waals surface area contributed by atoms with Crippen LogP contribution in [-0.4, -0.2) is 42.2 Å². The zero-order valence-electron chi connectivity index (χ0n) is 10.4. The highest BCUT2D eigenvalue weighted by Crippen LogP contribution is 2.39. The van der Waals surface area contributed by atoms with Gasteiger partial charge in [-0.1, -0.05) is 5.21 Å². The molecule has 1 aliphatic carbocycles. The molecule has 7 nitrogen and oxygen atoms in total. The maximum absolute atomic E-state index is 12.4. The molecule has 0 amide bonds. The minimum absolute atomic E-state index is 0.00902. The van der Waals surface area contributed by atoms with E-state index in [0.29, 0.717) is 18.9 Å². The third-order valence-electron chi connectivity index (χ3n) is 3.52. The molecule has 2 heterocycles. The molecule has 1 aromatic heterocycles. The Labute approximate surface area is 119 Å². The number of rotatable bonds is 4. The lowest BCUT2D eigenvalue weighted by Gasteiger charge is -2.19. The van der Waals surface area contributed by atoms with Crippen LogP contribution in [0.4, 0.5) is 0 Å². The van der Waals surface area contributed by atoms with Crippen LogP contribution < -0.4 is 4.72 Å². The van der Waals surface area contributed by atoms with E-state index in [2.05, 4.69) is 31.0 Å². The number of ether oxygens (including phenoxy) is 1. The van der Waals surface area contributed by atoms with E-state index in [1.165, 1.54) is 4.68 Å². The van der Waals surface area contributed by atoms with Gasteiger partial charge in [0.1, 0.15) is 0 Å². The molecule has 3 rings (SSSR count). The summed E-state index contributed by atoms with van der Waals surface area (Å²) >= 11 is 3.11. The lowest BCUT2D eigenvalue weighted by molar-refractivity contribution is 0.0847. The predicted molar refractivity (Wildman–Crippen MR) is 69.9 cm³/mol. The van der Waals surface area contributed by atoms with Gasteiger partial charge in [0.2, 0.25) is 5.03 Å². The van der Waals surface area contributed by atoms with Gasteiger partial charge >= 0.3 is 0 Å². The van der Waals surface area contributed by atoms with Crippen LogP contribution in [0.5, 0.6) is 0 Å². The van der Waals surface area contributed by atoms with Crippen LogP contribution >= 0.6 is 15.9 Å². The topological polar surface area (TPSA) is 86.1 Å². The first-order valence-corrected chi connectivity index (χ1v) is 8.46. The van der Waals surface area contributed by atoms with Gasteiger partial charge in [-0.3, -0.25) is 0 Å². The molecule has 0 aromatic carbocycles. The van der Waals surface area contributed by atoms with E-state index in [4.69, 9.17) is 4.74 Å². The zero-order valence-corrected chi connectivity index (χ0v) is 12.8. The predicted octanol–water partition coefficient (Wildman–Crippen LogP) is 0.423. The highest BCUT2D eigenvalue weighted by molar-refractivity contribution is 9.10. The van der Waals surface area contributed by atoms with Crippen LogP contribution in [0, 0.1) is 5.92 Å². The molecule has 2 fully saturated rings. The summed E-state index contributed by atoms with van der Waals surface area (Å²) in [6.45, 7) is 0.610. The number of hydrogen-bond acceptors (Lipinski definition) is 5. The number of sulfonamides is 1. The molecule has 0 radical (unpaired) electrons. The van der Waals surface area contributed by atoms with Gasteiger partial charge in [0.25, 0.3) is 10.0 Å².